The van der Waals surface area contributed by atoms with E-state index in [0.29, 0.717) is 5.57 Å². The van der Waals surface area contributed by atoms with Crippen molar-refractivity contribution in [1.29, 1.82) is 0 Å². The topological polar surface area (TPSA) is 80.9 Å². The van der Waals surface area contributed by atoms with Gasteiger partial charge in [0.2, 0.25) is 5.75 Å². The molecule has 0 spiro atoms. The molecule has 6 rings (SSSR count). The van der Waals surface area contributed by atoms with Crippen molar-refractivity contribution in [3.05, 3.63) is 130 Å². The van der Waals surface area contributed by atoms with Gasteiger partial charge in [-0.2, -0.15) is 0 Å². The van der Waals surface area contributed by atoms with E-state index in [-0.39, 0.29) is 22.9 Å². The van der Waals surface area contributed by atoms with Gasteiger partial charge in [0, 0.05) is 17.4 Å². The van der Waals surface area contributed by atoms with Crippen LogP contribution in [-0.2, 0) is 0 Å². The predicted molar refractivity (Wildman–Crippen MR) is 170 cm³/mol. The lowest BCUT2D eigenvalue weighted by Crippen LogP contribution is -2.28. The van der Waals surface area contributed by atoms with Crippen molar-refractivity contribution in [2.75, 3.05) is 0 Å². The Labute approximate surface area is 246 Å². The minimum absolute atomic E-state index is 0.00305. The molecule has 4 N–H and O–H groups in total. The van der Waals surface area contributed by atoms with Crippen LogP contribution in [0.15, 0.2) is 103 Å². The number of hydrogen-bond acceptors (Lipinski definition) is 4. The molecule has 0 aromatic heterocycles. The van der Waals surface area contributed by atoms with Crippen LogP contribution in [-0.4, -0.2) is 28.3 Å². The van der Waals surface area contributed by atoms with Crippen LogP contribution < -0.4 is 15.9 Å². The SMILES string of the molecule is [B]c1c(O)c(O)c(O)c(C2=C3C=CC=CC3CC(/C(C)=c3\ccc(-c4ccccc4)c\c3=C\C)c3ccccc32)c1O. The Balaban J connectivity index is 1.61. The summed E-state index contributed by atoms with van der Waals surface area (Å²) in [7, 11) is 5.99. The summed E-state index contributed by atoms with van der Waals surface area (Å²) in [6, 6.07) is 24.9. The third kappa shape index (κ3) is 4.42. The first-order valence-electron chi connectivity index (χ1n) is 14.1. The molecular formula is C37H31BO4. The molecule has 4 aromatic rings. The van der Waals surface area contributed by atoms with E-state index < -0.39 is 23.0 Å². The number of fused-ring (bicyclic) bond motifs is 2. The van der Waals surface area contributed by atoms with E-state index in [1.165, 1.54) is 11.1 Å². The molecule has 2 aliphatic carbocycles. The number of aromatic hydroxyl groups is 4. The summed E-state index contributed by atoms with van der Waals surface area (Å²) in [6.07, 6.45) is 10.9. The van der Waals surface area contributed by atoms with Gasteiger partial charge >= 0.3 is 0 Å². The third-order valence-corrected chi connectivity index (χ3v) is 8.61. The molecule has 0 saturated carbocycles. The normalized spacial score (nSPS) is 18.9. The predicted octanol–water partition coefficient (Wildman–Crippen LogP) is 5.67. The highest BCUT2D eigenvalue weighted by molar-refractivity contribution is 6.37. The van der Waals surface area contributed by atoms with Crippen LogP contribution in [0.25, 0.3) is 28.3 Å². The first-order chi connectivity index (χ1) is 20.3. The summed E-state index contributed by atoms with van der Waals surface area (Å²) >= 11 is 0. The van der Waals surface area contributed by atoms with E-state index in [1.807, 2.05) is 54.6 Å². The summed E-state index contributed by atoms with van der Waals surface area (Å²) in [6.45, 7) is 4.24. The largest absolute Gasteiger partial charge is 0.508 e. The summed E-state index contributed by atoms with van der Waals surface area (Å²) in [5, 5.41) is 45.3. The van der Waals surface area contributed by atoms with E-state index in [9.17, 15) is 20.4 Å². The van der Waals surface area contributed by atoms with Crippen LogP contribution in [0.3, 0.4) is 0 Å². The second-order valence-corrected chi connectivity index (χ2v) is 10.9. The lowest BCUT2D eigenvalue weighted by atomic mass is 9.80. The number of rotatable bonds is 3. The van der Waals surface area contributed by atoms with E-state index in [2.05, 4.69) is 62.4 Å². The highest BCUT2D eigenvalue weighted by Gasteiger charge is 2.34. The van der Waals surface area contributed by atoms with E-state index in [0.717, 1.165) is 39.1 Å². The van der Waals surface area contributed by atoms with Crippen LogP contribution in [0, 0.1) is 5.92 Å². The summed E-state index contributed by atoms with van der Waals surface area (Å²) in [5.41, 5.74) is 6.46. The molecule has 0 aliphatic heterocycles. The quantitative estimate of drug-likeness (QED) is 0.151. The first kappa shape index (κ1) is 27.3. The average Bonchev–Trinajstić information content (AvgIpc) is 3.18. The van der Waals surface area contributed by atoms with Crippen LogP contribution in [0.5, 0.6) is 23.0 Å². The van der Waals surface area contributed by atoms with Gasteiger partial charge in [-0.25, -0.2) is 0 Å². The fourth-order valence-corrected chi connectivity index (χ4v) is 6.43. The van der Waals surface area contributed by atoms with Gasteiger partial charge in [-0.05, 0) is 70.1 Å². The monoisotopic (exact) mass is 550 g/mol. The molecule has 2 radical (unpaired) electrons. The minimum atomic E-state index is -0.761. The zero-order valence-electron chi connectivity index (χ0n) is 23.5. The highest BCUT2D eigenvalue weighted by Crippen LogP contribution is 2.52. The Bertz CT molecular complexity index is 1900. The zero-order chi connectivity index (χ0) is 29.5. The molecule has 0 saturated heterocycles. The van der Waals surface area contributed by atoms with Crippen molar-refractivity contribution in [2.24, 2.45) is 5.92 Å². The Morgan fingerprint density at radius 3 is 2.31 bits per heavy atom. The number of phenolic OH excluding ortho intramolecular Hbond substituents is 4. The van der Waals surface area contributed by atoms with Crippen molar-refractivity contribution < 1.29 is 20.4 Å². The molecule has 0 fully saturated rings. The fourth-order valence-electron chi connectivity index (χ4n) is 6.43. The molecular weight excluding hydrogens is 519 g/mol. The van der Waals surface area contributed by atoms with Gasteiger partial charge in [0.1, 0.15) is 13.6 Å². The van der Waals surface area contributed by atoms with Gasteiger partial charge in [-0.15, -0.1) is 0 Å². The molecule has 0 amide bonds. The average molecular weight is 550 g/mol. The molecule has 0 heterocycles. The van der Waals surface area contributed by atoms with Gasteiger partial charge in [0.15, 0.2) is 11.5 Å². The van der Waals surface area contributed by atoms with Gasteiger partial charge < -0.3 is 20.4 Å². The maximum atomic E-state index is 11.1. The highest BCUT2D eigenvalue weighted by atomic mass is 16.3. The van der Waals surface area contributed by atoms with Gasteiger partial charge in [0.05, 0.1) is 5.56 Å². The van der Waals surface area contributed by atoms with Crippen molar-refractivity contribution in [3.8, 4) is 34.1 Å². The third-order valence-electron chi connectivity index (χ3n) is 8.61. The van der Waals surface area contributed by atoms with Crippen molar-refractivity contribution >= 4 is 30.5 Å². The molecule has 4 nitrogen and oxygen atoms in total. The molecule has 206 valence electrons. The zero-order valence-corrected chi connectivity index (χ0v) is 23.5. The minimum Gasteiger partial charge on any atom is -0.508 e. The summed E-state index contributed by atoms with van der Waals surface area (Å²) in [4.78, 5) is 0. The maximum Gasteiger partial charge on any atom is 0.200 e. The van der Waals surface area contributed by atoms with Crippen LogP contribution in [0.2, 0.25) is 0 Å². The summed E-state index contributed by atoms with van der Waals surface area (Å²) in [5.74, 6) is -2.64. The Kier molecular flexibility index (Phi) is 7.03. The first-order valence-corrected chi connectivity index (χ1v) is 14.1. The van der Waals surface area contributed by atoms with Gasteiger partial charge in [-0.1, -0.05) is 103 Å². The standard InChI is InChI=1S/C37H31BO4/c1-3-22-19-24(23-11-5-4-6-12-23)17-18-26(22)21(2)30-20-25-13-7-8-14-27(25)31(29-16-10-9-15-28(29)30)32-34(39)33(38)36(41)37(42)35(32)40/h3-19,25,30,39-42H,20H2,1-2H3/b22-3-,26-21+. The molecule has 2 unspecified atom stereocenters. The number of phenols is 4. The number of benzene rings is 4. The van der Waals surface area contributed by atoms with Gasteiger partial charge in [-0.3, -0.25) is 0 Å². The van der Waals surface area contributed by atoms with Crippen molar-refractivity contribution in [3.63, 3.8) is 0 Å². The van der Waals surface area contributed by atoms with Crippen molar-refractivity contribution in [1.82, 2.24) is 0 Å². The smallest absolute Gasteiger partial charge is 0.200 e. The molecule has 2 atom stereocenters. The lowest BCUT2D eigenvalue weighted by molar-refractivity contribution is 0.363. The van der Waals surface area contributed by atoms with Gasteiger partial charge in [0.25, 0.3) is 0 Å². The molecule has 4 aromatic carbocycles. The van der Waals surface area contributed by atoms with E-state index in [1.54, 1.807) is 0 Å². The molecule has 0 bridgehead atoms. The van der Waals surface area contributed by atoms with E-state index >= 15 is 0 Å². The van der Waals surface area contributed by atoms with Crippen LogP contribution in [0.1, 0.15) is 42.9 Å². The van der Waals surface area contributed by atoms with Crippen LogP contribution in [0.4, 0.5) is 0 Å². The fraction of sp³-hybridized carbons (Fsp3) is 0.135. The molecule has 5 heteroatoms. The van der Waals surface area contributed by atoms with Crippen LogP contribution >= 0.6 is 0 Å². The number of hydrogen-bond donors (Lipinski definition) is 4. The lowest BCUT2D eigenvalue weighted by Gasteiger charge is -2.23. The summed E-state index contributed by atoms with van der Waals surface area (Å²) < 4.78 is 0. The molecule has 42 heavy (non-hydrogen) atoms. The van der Waals surface area contributed by atoms with Crippen molar-refractivity contribution in [2.45, 2.75) is 26.2 Å². The second-order valence-electron chi connectivity index (χ2n) is 10.9. The number of allylic oxidation sites excluding steroid dienone is 5. The Morgan fingerprint density at radius 1 is 0.810 bits per heavy atom. The molecule has 2 aliphatic rings. The Morgan fingerprint density at radius 2 is 1.55 bits per heavy atom. The second kappa shape index (κ2) is 10.8. The Hall–Kier alpha value is -4.90. The van der Waals surface area contributed by atoms with E-state index in [4.69, 9.17) is 7.85 Å². The maximum absolute atomic E-state index is 11.1.